The maximum Gasteiger partial charge on any atom is 0.224 e. The Morgan fingerprint density at radius 2 is 2.12 bits per heavy atom. The summed E-state index contributed by atoms with van der Waals surface area (Å²) in [5.74, 6) is 1.65. The van der Waals surface area contributed by atoms with Crippen molar-refractivity contribution in [1.29, 1.82) is 0 Å². The number of ketones is 1. The van der Waals surface area contributed by atoms with E-state index in [-0.39, 0.29) is 11.1 Å². The van der Waals surface area contributed by atoms with E-state index in [9.17, 15) is 9.00 Å². The Morgan fingerprint density at radius 3 is 2.71 bits per heavy atom. The molecule has 0 aliphatic carbocycles. The lowest BCUT2D eigenvalue weighted by Gasteiger charge is -2.28. The maximum atomic E-state index is 11.5. The van der Waals surface area contributed by atoms with Gasteiger partial charge < -0.3 is 4.90 Å². The minimum atomic E-state index is -0.760. The van der Waals surface area contributed by atoms with Gasteiger partial charge in [0, 0.05) is 41.6 Å². The molecule has 0 N–H and O–H groups in total. The number of nitrogens with zero attached hydrogens (tertiary/aromatic N) is 3. The molecule has 0 aromatic carbocycles. The third-order valence-corrected chi connectivity index (χ3v) is 4.05. The van der Waals surface area contributed by atoms with E-state index < -0.39 is 10.8 Å². The Morgan fingerprint density at radius 1 is 1.47 bits per heavy atom. The predicted molar refractivity (Wildman–Crippen MR) is 67.1 cm³/mol. The van der Waals surface area contributed by atoms with Gasteiger partial charge >= 0.3 is 0 Å². The highest BCUT2D eigenvalue weighted by atomic mass is 35.5. The number of hydrogen-bond acceptors (Lipinski definition) is 5. The lowest BCUT2D eigenvalue weighted by Crippen LogP contribution is -2.39. The van der Waals surface area contributed by atoms with Crippen LogP contribution in [0.1, 0.15) is 17.3 Å². The summed E-state index contributed by atoms with van der Waals surface area (Å²) in [7, 11) is -0.760. The van der Waals surface area contributed by atoms with E-state index >= 15 is 0 Å². The fourth-order valence-corrected chi connectivity index (χ4v) is 2.87. The molecule has 92 valence electrons. The Labute approximate surface area is 107 Å². The molecule has 0 atom stereocenters. The van der Waals surface area contributed by atoms with Crippen LogP contribution in [0.15, 0.2) is 6.20 Å². The fourth-order valence-electron chi connectivity index (χ4n) is 1.69. The normalized spacial score (nSPS) is 17.2. The highest BCUT2D eigenvalue weighted by molar-refractivity contribution is 7.85. The zero-order chi connectivity index (χ0) is 12.4. The van der Waals surface area contributed by atoms with Crippen molar-refractivity contribution < 1.29 is 9.00 Å². The number of carbonyl (C=O) groups excluding carboxylic acids is 1. The largest absolute Gasteiger partial charge is 0.354 e. The standard InChI is InChI=1S/C10H12ClN3O2S/c1-7(15)8-6-12-10(11)13-9(8)14-2-4-17(16)5-3-14/h6H,2-5H2,1H3. The molecular weight excluding hydrogens is 262 g/mol. The van der Waals surface area contributed by atoms with Gasteiger partial charge in [-0.15, -0.1) is 0 Å². The summed E-state index contributed by atoms with van der Waals surface area (Å²) in [4.78, 5) is 21.3. The summed E-state index contributed by atoms with van der Waals surface area (Å²) < 4.78 is 11.3. The summed E-state index contributed by atoms with van der Waals surface area (Å²) in [5.41, 5.74) is 0.460. The van der Waals surface area contributed by atoms with Crippen molar-refractivity contribution in [3.05, 3.63) is 17.0 Å². The highest BCUT2D eigenvalue weighted by Gasteiger charge is 2.21. The van der Waals surface area contributed by atoms with E-state index in [2.05, 4.69) is 9.97 Å². The van der Waals surface area contributed by atoms with Gasteiger partial charge in [0.05, 0.1) is 5.56 Å². The Balaban J connectivity index is 2.33. The van der Waals surface area contributed by atoms with Crippen LogP contribution < -0.4 is 4.90 Å². The van der Waals surface area contributed by atoms with Crippen molar-refractivity contribution in [3.8, 4) is 0 Å². The molecule has 17 heavy (non-hydrogen) atoms. The summed E-state index contributed by atoms with van der Waals surface area (Å²) >= 11 is 5.75. The molecule has 1 saturated heterocycles. The Bertz CT molecular complexity index is 471. The average Bonchev–Trinajstić information content (AvgIpc) is 2.29. The summed E-state index contributed by atoms with van der Waals surface area (Å²) in [6, 6.07) is 0. The van der Waals surface area contributed by atoms with Crippen molar-refractivity contribution in [1.82, 2.24) is 9.97 Å². The van der Waals surface area contributed by atoms with Crippen LogP contribution >= 0.6 is 11.6 Å². The molecular formula is C10H12ClN3O2S. The van der Waals surface area contributed by atoms with Crippen LogP contribution in [0.25, 0.3) is 0 Å². The number of aromatic nitrogens is 2. The molecule has 1 aliphatic heterocycles. The monoisotopic (exact) mass is 273 g/mol. The number of Topliss-reactive ketones (excluding diaryl/α,β-unsaturated/α-hetero) is 1. The van der Waals surface area contributed by atoms with Crippen molar-refractivity contribution >= 4 is 34.0 Å². The second-order valence-corrected chi connectivity index (χ2v) is 5.80. The predicted octanol–water partition coefficient (Wildman–Crippen LogP) is 0.901. The first-order valence-electron chi connectivity index (χ1n) is 5.21. The molecule has 2 heterocycles. The number of rotatable bonds is 2. The third-order valence-electron chi connectivity index (χ3n) is 2.60. The van der Waals surface area contributed by atoms with Gasteiger partial charge in [0.1, 0.15) is 5.82 Å². The molecule has 0 unspecified atom stereocenters. The second-order valence-electron chi connectivity index (χ2n) is 3.77. The molecule has 0 spiro atoms. The first kappa shape index (κ1) is 12.4. The van der Waals surface area contributed by atoms with Gasteiger partial charge in [0.2, 0.25) is 5.28 Å². The van der Waals surface area contributed by atoms with Gasteiger partial charge in [0.15, 0.2) is 5.78 Å². The van der Waals surface area contributed by atoms with E-state index in [1.165, 1.54) is 13.1 Å². The molecule has 0 bridgehead atoms. The molecule has 1 aromatic heterocycles. The zero-order valence-electron chi connectivity index (χ0n) is 9.35. The Kier molecular flexibility index (Phi) is 3.73. The number of hydrogen-bond donors (Lipinski definition) is 0. The summed E-state index contributed by atoms with van der Waals surface area (Å²) in [5, 5.41) is 0.122. The summed E-state index contributed by atoms with van der Waals surface area (Å²) in [6.07, 6.45) is 1.44. The maximum absolute atomic E-state index is 11.5. The summed E-state index contributed by atoms with van der Waals surface area (Å²) in [6.45, 7) is 2.72. The number of carbonyl (C=O) groups is 1. The van der Waals surface area contributed by atoms with Gasteiger partial charge in [-0.1, -0.05) is 0 Å². The number of anilines is 1. The van der Waals surface area contributed by atoms with Crippen molar-refractivity contribution in [2.24, 2.45) is 0 Å². The van der Waals surface area contributed by atoms with Crippen LogP contribution in [0.5, 0.6) is 0 Å². The van der Waals surface area contributed by atoms with Crippen LogP contribution in [0.3, 0.4) is 0 Å². The minimum Gasteiger partial charge on any atom is -0.354 e. The van der Waals surface area contributed by atoms with E-state index in [1.54, 1.807) is 0 Å². The SMILES string of the molecule is CC(=O)c1cnc(Cl)nc1N1CCS(=O)CC1. The topological polar surface area (TPSA) is 63.2 Å². The van der Waals surface area contributed by atoms with Crippen molar-refractivity contribution in [2.75, 3.05) is 29.5 Å². The molecule has 0 radical (unpaired) electrons. The average molecular weight is 274 g/mol. The number of halogens is 1. The van der Waals surface area contributed by atoms with Crippen LogP contribution in [-0.4, -0.2) is 44.6 Å². The van der Waals surface area contributed by atoms with Crippen LogP contribution in [-0.2, 0) is 10.8 Å². The molecule has 0 saturated carbocycles. The molecule has 5 nitrogen and oxygen atoms in total. The quantitative estimate of drug-likeness (QED) is 0.592. The molecule has 0 amide bonds. The van der Waals surface area contributed by atoms with E-state index in [0.29, 0.717) is 36.0 Å². The second kappa shape index (κ2) is 5.10. The third kappa shape index (κ3) is 2.81. The van der Waals surface area contributed by atoms with Crippen LogP contribution in [0.4, 0.5) is 5.82 Å². The lowest BCUT2D eigenvalue weighted by molar-refractivity contribution is 0.101. The zero-order valence-corrected chi connectivity index (χ0v) is 10.9. The van der Waals surface area contributed by atoms with Gasteiger partial charge in [-0.05, 0) is 18.5 Å². The van der Waals surface area contributed by atoms with E-state index in [4.69, 9.17) is 11.6 Å². The van der Waals surface area contributed by atoms with Crippen LogP contribution in [0, 0.1) is 0 Å². The minimum absolute atomic E-state index is 0.0941. The molecule has 7 heteroatoms. The molecule has 1 aliphatic rings. The van der Waals surface area contributed by atoms with Crippen molar-refractivity contribution in [3.63, 3.8) is 0 Å². The molecule has 1 fully saturated rings. The lowest BCUT2D eigenvalue weighted by atomic mass is 10.2. The first-order chi connectivity index (χ1) is 8.08. The molecule has 1 aromatic rings. The Hall–Kier alpha value is -1.01. The smallest absolute Gasteiger partial charge is 0.224 e. The van der Waals surface area contributed by atoms with E-state index in [0.717, 1.165) is 0 Å². The van der Waals surface area contributed by atoms with Crippen molar-refractivity contribution in [2.45, 2.75) is 6.92 Å². The van der Waals surface area contributed by atoms with Gasteiger partial charge in [-0.2, -0.15) is 4.98 Å². The van der Waals surface area contributed by atoms with Gasteiger partial charge in [-0.3, -0.25) is 9.00 Å². The van der Waals surface area contributed by atoms with Gasteiger partial charge in [-0.25, -0.2) is 4.98 Å². The van der Waals surface area contributed by atoms with Gasteiger partial charge in [0.25, 0.3) is 0 Å². The van der Waals surface area contributed by atoms with Crippen LogP contribution in [0.2, 0.25) is 5.28 Å². The first-order valence-corrected chi connectivity index (χ1v) is 7.08. The van der Waals surface area contributed by atoms with E-state index in [1.807, 2.05) is 4.90 Å². The fraction of sp³-hybridized carbons (Fsp3) is 0.500. The molecule has 2 rings (SSSR count). The highest BCUT2D eigenvalue weighted by Crippen LogP contribution is 2.20.